The number of nitrogens with zero attached hydrogens (tertiary/aromatic N) is 2. The highest BCUT2D eigenvalue weighted by Crippen LogP contribution is 2.46. The average Bonchev–Trinajstić information content (AvgIpc) is 3.45. The van der Waals surface area contributed by atoms with Gasteiger partial charge in [0.2, 0.25) is 5.91 Å². The van der Waals surface area contributed by atoms with Gasteiger partial charge in [0.25, 0.3) is 0 Å². The number of hydrogen-bond acceptors (Lipinski definition) is 4. The first-order chi connectivity index (χ1) is 12.9. The number of halogens is 1. The number of aromatic nitrogens is 1. The predicted octanol–water partition coefficient (Wildman–Crippen LogP) is 3.17. The lowest BCUT2D eigenvalue weighted by atomic mass is 9.92. The van der Waals surface area contributed by atoms with Crippen molar-refractivity contribution >= 4 is 23.3 Å². The van der Waals surface area contributed by atoms with Crippen molar-refractivity contribution in [1.29, 1.82) is 0 Å². The van der Waals surface area contributed by atoms with Gasteiger partial charge in [-0.2, -0.15) is 0 Å². The van der Waals surface area contributed by atoms with Gasteiger partial charge in [-0.05, 0) is 55.0 Å². The third-order valence-corrected chi connectivity index (χ3v) is 5.03. The van der Waals surface area contributed by atoms with Gasteiger partial charge in [-0.15, -0.1) is 0 Å². The van der Waals surface area contributed by atoms with Crippen LogP contribution in [0.15, 0.2) is 58.8 Å². The standard InChI is InChI=1S/C20H18FN3O3/c1-10-18(12-4-5-16(22)23-8-12)15(21)9-24-17(25)7-13(20(26)27)6-14(19(10)24)11-2-3-11/h4-6,8-9,11H,2-3,7H2,1H3,(H2,22,23)(H,26,27). The number of fused-ring (bicyclic) bond motifs is 1. The van der Waals surface area contributed by atoms with E-state index in [2.05, 4.69) is 4.98 Å². The molecule has 7 heteroatoms. The maximum Gasteiger partial charge on any atom is 0.332 e. The van der Waals surface area contributed by atoms with Gasteiger partial charge in [0.1, 0.15) is 11.6 Å². The second-order valence-electron chi connectivity index (χ2n) is 6.94. The number of carbonyl (C=O) groups is 2. The van der Waals surface area contributed by atoms with Gasteiger partial charge in [0, 0.05) is 29.1 Å². The van der Waals surface area contributed by atoms with Gasteiger partial charge < -0.3 is 10.8 Å². The summed E-state index contributed by atoms with van der Waals surface area (Å²) in [5.74, 6) is -1.65. The molecule has 4 rings (SSSR count). The van der Waals surface area contributed by atoms with Gasteiger partial charge in [-0.3, -0.25) is 9.69 Å². The second kappa shape index (κ2) is 6.19. The Morgan fingerprint density at radius 2 is 2.11 bits per heavy atom. The van der Waals surface area contributed by atoms with Crippen LogP contribution in [0, 0.1) is 5.92 Å². The molecule has 0 atom stereocenters. The van der Waals surface area contributed by atoms with E-state index in [-0.39, 0.29) is 17.9 Å². The normalized spacial score (nSPS) is 20.2. The first-order valence-corrected chi connectivity index (χ1v) is 8.67. The fourth-order valence-corrected chi connectivity index (χ4v) is 3.58. The van der Waals surface area contributed by atoms with Crippen molar-refractivity contribution in [3.05, 3.63) is 64.4 Å². The number of allylic oxidation sites excluding steroid dienone is 5. The molecular weight excluding hydrogens is 349 g/mol. The van der Waals surface area contributed by atoms with Gasteiger partial charge in [0.05, 0.1) is 12.1 Å². The lowest BCUT2D eigenvalue weighted by molar-refractivity contribution is -0.135. The number of aliphatic carboxylic acids is 1. The molecule has 6 nitrogen and oxygen atoms in total. The van der Waals surface area contributed by atoms with Crippen molar-refractivity contribution in [3.63, 3.8) is 0 Å². The van der Waals surface area contributed by atoms with Crippen LogP contribution in [0.3, 0.4) is 0 Å². The van der Waals surface area contributed by atoms with Crippen molar-refractivity contribution in [2.75, 3.05) is 5.73 Å². The SMILES string of the molecule is CC1=C(c2ccc(N)nc2)C(F)=CN2C(=O)CC(C(=O)O)=CC(C3CC3)=C12. The summed E-state index contributed by atoms with van der Waals surface area (Å²) in [6.45, 7) is 1.75. The first kappa shape index (κ1) is 17.2. The Bertz CT molecular complexity index is 982. The van der Waals surface area contributed by atoms with E-state index in [9.17, 15) is 19.1 Å². The number of carbonyl (C=O) groups excluding carboxylic acids is 1. The van der Waals surface area contributed by atoms with E-state index in [1.165, 1.54) is 11.1 Å². The summed E-state index contributed by atoms with van der Waals surface area (Å²) in [6.07, 6.45) is 5.80. The maximum atomic E-state index is 15.0. The molecule has 1 aromatic rings. The average molecular weight is 367 g/mol. The molecule has 0 radical (unpaired) electrons. The highest BCUT2D eigenvalue weighted by atomic mass is 19.1. The number of hydrogen-bond donors (Lipinski definition) is 2. The van der Waals surface area contributed by atoms with E-state index >= 15 is 0 Å². The molecule has 1 amide bonds. The molecule has 3 aliphatic rings. The van der Waals surface area contributed by atoms with Crippen LogP contribution in [-0.2, 0) is 9.59 Å². The number of nitrogen functional groups attached to an aromatic ring is 1. The first-order valence-electron chi connectivity index (χ1n) is 8.67. The number of pyridine rings is 1. The minimum atomic E-state index is -1.13. The lowest BCUT2D eigenvalue weighted by Crippen LogP contribution is -2.29. The van der Waals surface area contributed by atoms with Crippen molar-refractivity contribution in [1.82, 2.24) is 9.88 Å². The highest BCUT2D eigenvalue weighted by Gasteiger charge is 2.37. The molecule has 1 saturated carbocycles. The fourth-order valence-electron chi connectivity index (χ4n) is 3.58. The molecule has 0 saturated heterocycles. The van der Waals surface area contributed by atoms with Crippen LogP contribution in [0.5, 0.6) is 0 Å². The molecular formula is C20H18FN3O3. The summed E-state index contributed by atoms with van der Waals surface area (Å²) in [6, 6.07) is 3.27. The Morgan fingerprint density at radius 1 is 1.37 bits per heavy atom. The molecule has 3 heterocycles. The third-order valence-electron chi connectivity index (χ3n) is 5.03. The number of carboxylic acid groups (broad SMARTS) is 1. The van der Waals surface area contributed by atoms with Crippen LogP contribution in [0.2, 0.25) is 0 Å². The minimum absolute atomic E-state index is 0.0288. The molecule has 138 valence electrons. The lowest BCUT2D eigenvalue weighted by Gasteiger charge is -2.29. The Hall–Kier alpha value is -3.22. The molecule has 0 aromatic carbocycles. The molecule has 2 aliphatic heterocycles. The molecule has 1 fully saturated rings. The second-order valence-corrected chi connectivity index (χ2v) is 6.94. The Labute approximate surface area is 155 Å². The third kappa shape index (κ3) is 2.95. The maximum absolute atomic E-state index is 15.0. The smallest absolute Gasteiger partial charge is 0.332 e. The number of carboxylic acids is 1. The van der Waals surface area contributed by atoms with Crippen molar-refractivity contribution in [2.45, 2.75) is 26.2 Å². The largest absolute Gasteiger partial charge is 0.478 e. The Kier molecular flexibility index (Phi) is 3.95. The van der Waals surface area contributed by atoms with Crippen molar-refractivity contribution < 1.29 is 19.1 Å². The molecule has 0 spiro atoms. The highest BCUT2D eigenvalue weighted by molar-refractivity contribution is 5.98. The summed E-state index contributed by atoms with van der Waals surface area (Å²) in [7, 11) is 0. The zero-order chi connectivity index (χ0) is 19.3. The van der Waals surface area contributed by atoms with E-state index in [0.717, 1.165) is 24.6 Å². The predicted molar refractivity (Wildman–Crippen MR) is 97.4 cm³/mol. The van der Waals surface area contributed by atoms with E-state index in [1.807, 2.05) is 0 Å². The van der Waals surface area contributed by atoms with Crippen LogP contribution in [-0.4, -0.2) is 26.9 Å². The van der Waals surface area contributed by atoms with Gasteiger partial charge >= 0.3 is 5.97 Å². The summed E-state index contributed by atoms with van der Waals surface area (Å²) >= 11 is 0. The van der Waals surface area contributed by atoms with Crippen molar-refractivity contribution in [2.24, 2.45) is 5.92 Å². The summed E-state index contributed by atoms with van der Waals surface area (Å²) in [5.41, 5.74) is 8.48. The Balaban J connectivity index is 1.95. The topological polar surface area (TPSA) is 96.5 Å². The van der Waals surface area contributed by atoms with Crippen LogP contribution >= 0.6 is 0 Å². The fraction of sp³-hybridized carbons (Fsp3) is 0.250. The number of rotatable bonds is 3. The van der Waals surface area contributed by atoms with Gasteiger partial charge in [0.15, 0.2) is 0 Å². The summed E-state index contributed by atoms with van der Waals surface area (Å²) in [4.78, 5) is 29.5. The number of amides is 1. The minimum Gasteiger partial charge on any atom is -0.478 e. The van der Waals surface area contributed by atoms with E-state index in [4.69, 9.17) is 5.73 Å². The zero-order valence-corrected chi connectivity index (χ0v) is 14.7. The zero-order valence-electron chi connectivity index (χ0n) is 14.7. The van der Waals surface area contributed by atoms with Crippen LogP contribution in [0.25, 0.3) is 5.57 Å². The molecule has 0 bridgehead atoms. The number of anilines is 1. The van der Waals surface area contributed by atoms with E-state index in [0.29, 0.717) is 28.2 Å². The van der Waals surface area contributed by atoms with Gasteiger partial charge in [-0.25, -0.2) is 14.2 Å². The summed E-state index contributed by atoms with van der Waals surface area (Å²) < 4.78 is 15.0. The molecule has 1 aromatic heterocycles. The van der Waals surface area contributed by atoms with Crippen LogP contribution < -0.4 is 5.73 Å². The summed E-state index contributed by atoms with van der Waals surface area (Å²) in [5, 5.41) is 9.43. The molecule has 3 N–H and O–H groups in total. The molecule has 0 unspecified atom stereocenters. The molecule has 27 heavy (non-hydrogen) atoms. The van der Waals surface area contributed by atoms with Gasteiger partial charge in [-0.1, -0.05) is 0 Å². The van der Waals surface area contributed by atoms with Crippen LogP contribution in [0.4, 0.5) is 10.2 Å². The number of nitrogens with two attached hydrogens (primary N) is 1. The van der Waals surface area contributed by atoms with E-state index < -0.39 is 17.7 Å². The van der Waals surface area contributed by atoms with Crippen molar-refractivity contribution in [3.8, 4) is 0 Å². The molecule has 1 aliphatic carbocycles. The Morgan fingerprint density at radius 3 is 2.70 bits per heavy atom. The van der Waals surface area contributed by atoms with Crippen LogP contribution in [0.1, 0.15) is 31.7 Å². The quantitative estimate of drug-likeness (QED) is 0.855. The monoisotopic (exact) mass is 367 g/mol. The van der Waals surface area contributed by atoms with E-state index in [1.54, 1.807) is 25.1 Å².